The van der Waals surface area contributed by atoms with Gasteiger partial charge in [0.05, 0.1) is 15.2 Å². The van der Waals surface area contributed by atoms with Gasteiger partial charge >= 0.3 is 0 Å². The summed E-state index contributed by atoms with van der Waals surface area (Å²) in [5, 5.41) is 3.16. The fraction of sp³-hybridized carbons (Fsp3) is 0.235. The van der Waals surface area contributed by atoms with Crippen molar-refractivity contribution in [1.29, 1.82) is 0 Å². The van der Waals surface area contributed by atoms with Crippen molar-refractivity contribution in [1.82, 2.24) is 10.0 Å². The molecule has 25 heavy (non-hydrogen) atoms. The fourth-order valence-electron chi connectivity index (χ4n) is 2.02. The SMILES string of the molecule is CNS(=O)(=O)c1ccc(CNC(=O)C(C)Sc2ccccc2Cl)cc1. The average Bonchev–Trinajstić information content (AvgIpc) is 2.61. The maximum atomic E-state index is 12.2. The third-order valence-corrected chi connectivity index (χ3v) is 6.53. The van der Waals surface area contributed by atoms with Crippen LogP contribution in [0.1, 0.15) is 12.5 Å². The molecule has 2 N–H and O–H groups in total. The Labute approximate surface area is 157 Å². The highest BCUT2D eigenvalue weighted by Crippen LogP contribution is 2.30. The summed E-state index contributed by atoms with van der Waals surface area (Å²) in [6.07, 6.45) is 0. The molecule has 5 nitrogen and oxygen atoms in total. The molecule has 0 aromatic heterocycles. The van der Waals surface area contributed by atoms with Gasteiger partial charge in [-0.25, -0.2) is 13.1 Å². The van der Waals surface area contributed by atoms with E-state index in [-0.39, 0.29) is 16.1 Å². The van der Waals surface area contributed by atoms with Crippen molar-refractivity contribution in [2.24, 2.45) is 0 Å². The van der Waals surface area contributed by atoms with Gasteiger partial charge in [-0.2, -0.15) is 0 Å². The highest BCUT2D eigenvalue weighted by atomic mass is 35.5. The zero-order valence-corrected chi connectivity index (χ0v) is 16.2. The first-order chi connectivity index (χ1) is 11.8. The zero-order valence-electron chi connectivity index (χ0n) is 13.8. The van der Waals surface area contributed by atoms with Crippen LogP contribution in [-0.4, -0.2) is 26.6 Å². The van der Waals surface area contributed by atoms with Gasteiger partial charge in [0.25, 0.3) is 0 Å². The number of carbonyl (C=O) groups is 1. The predicted molar refractivity (Wildman–Crippen MR) is 101 cm³/mol. The lowest BCUT2D eigenvalue weighted by Crippen LogP contribution is -2.30. The first-order valence-corrected chi connectivity index (χ1v) is 10.3. The minimum atomic E-state index is -3.45. The van der Waals surface area contributed by atoms with E-state index in [1.165, 1.54) is 30.9 Å². The molecule has 0 aliphatic heterocycles. The van der Waals surface area contributed by atoms with Crippen LogP contribution >= 0.6 is 23.4 Å². The minimum Gasteiger partial charge on any atom is -0.351 e. The number of nitrogens with one attached hydrogen (secondary N) is 2. The smallest absolute Gasteiger partial charge is 0.240 e. The molecule has 0 fully saturated rings. The number of halogens is 1. The highest BCUT2D eigenvalue weighted by molar-refractivity contribution is 8.00. The molecule has 1 amide bonds. The number of carbonyl (C=O) groups excluding carboxylic acids is 1. The molecule has 2 aromatic carbocycles. The van der Waals surface area contributed by atoms with Gasteiger partial charge < -0.3 is 5.32 Å². The van der Waals surface area contributed by atoms with Crippen LogP contribution in [0, 0.1) is 0 Å². The van der Waals surface area contributed by atoms with E-state index in [9.17, 15) is 13.2 Å². The molecular formula is C17H19ClN2O3S2. The predicted octanol–water partition coefficient (Wildman–Crippen LogP) is 3.05. The van der Waals surface area contributed by atoms with Gasteiger partial charge in [-0.3, -0.25) is 4.79 Å². The van der Waals surface area contributed by atoms with Crippen LogP contribution in [0.15, 0.2) is 58.3 Å². The molecule has 1 atom stereocenters. The quantitative estimate of drug-likeness (QED) is 0.703. The zero-order chi connectivity index (χ0) is 18.4. The Morgan fingerprint density at radius 1 is 1.16 bits per heavy atom. The normalized spacial score (nSPS) is 12.6. The van der Waals surface area contributed by atoms with Crippen molar-refractivity contribution in [3.63, 3.8) is 0 Å². The van der Waals surface area contributed by atoms with Crippen molar-refractivity contribution in [2.45, 2.75) is 28.5 Å². The summed E-state index contributed by atoms with van der Waals surface area (Å²) in [4.78, 5) is 13.3. The molecule has 0 heterocycles. The monoisotopic (exact) mass is 398 g/mol. The molecule has 0 saturated heterocycles. The summed E-state index contributed by atoms with van der Waals surface area (Å²) >= 11 is 7.49. The van der Waals surface area contributed by atoms with Crippen LogP contribution in [0.2, 0.25) is 5.02 Å². The second-order valence-electron chi connectivity index (χ2n) is 5.26. The molecule has 0 aliphatic rings. The van der Waals surface area contributed by atoms with Gasteiger partial charge in [0.2, 0.25) is 15.9 Å². The summed E-state index contributed by atoms with van der Waals surface area (Å²) in [7, 11) is -2.09. The van der Waals surface area contributed by atoms with Crippen molar-refractivity contribution in [3.8, 4) is 0 Å². The molecular weight excluding hydrogens is 380 g/mol. The number of benzene rings is 2. The van der Waals surface area contributed by atoms with E-state index in [4.69, 9.17) is 11.6 Å². The van der Waals surface area contributed by atoms with Crippen molar-refractivity contribution >= 4 is 39.3 Å². The van der Waals surface area contributed by atoms with Gasteiger partial charge in [-0.15, -0.1) is 11.8 Å². The van der Waals surface area contributed by atoms with Crippen LogP contribution < -0.4 is 10.0 Å². The van der Waals surface area contributed by atoms with Crippen molar-refractivity contribution < 1.29 is 13.2 Å². The maximum Gasteiger partial charge on any atom is 0.240 e. The number of hydrogen-bond acceptors (Lipinski definition) is 4. The first-order valence-electron chi connectivity index (χ1n) is 7.55. The van der Waals surface area contributed by atoms with Gasteiger partial charge in [0.15, 0.2) is 0 Å². The summed E-state index contributed by atoms with van der Waals surface area (Å²) in [5.74, 6) is -0.114. The van der Waals surface area contributed by atoms with E-state index in [0.29, 0.717) is 11.6 Å². The number of hydrogen-bond donors (Lipinski definition) is 2. The fourth-order valence-corrected chi connectivity index (χ4v) is 3.93. The molecule has 2 rings (SSSR count). The van der Waals surface area contributed by atoms with Crippen LogP contribution in [0.25, 0.3) is 0 Å². The molecule has 0 spiro atoms. The van der Waals surface area contributed by atoms with Crippen molar-refractivity contribution in [2.75, 3.05) is 7.05 Å². The van der Waals surface area contributed by atoms with E-state index in [2.05, 4.69) is 10.0 Å². The van der Waals surface area contributed by atoms with E-state index < -0.39 is 10.0 Å². The summed E-state index contributed by atoms with van der Waals surface area (Å²) < 4.78 is 25.6. The summed E-state index contributed by atoms with van der Waals surface area (Å²) in [5.41, 5.74) is 0.818. The average molecular weight is 399 g/mol. The number of thioether (sulfide) groups is 1. The van der Waals surface area contributed by atoms with Gasteiger partial charge in [0.1, 0.15) is 0 Å². The Kier molecular flexibility index (Phi) is 6.89. The third-order valence-electron chi connectivity index (χ3n) is 3.48. The molecule has 134 valence electrons. The molecule has 8 heteroatoms. The lowest BCUT2D eigenvalue weighted by molar-refractivity contribution is -0.120. The largest absolute Gasteiger partial charge is 0.351 e. The number of amides is 1. The van der Waals surface area contributed by atoms with Crippen LogP contribution in [0.4, 0.5) is 0 Å². The van der Waals surface area contributed by atoms with E-state index in [1.54, 1.807) is 18.2 Å². The van der Waals surface area contributed by atoms with Crippen LogP contribution in [-0.2, 0) is 21.4 Å². The first kappa shape index (κ1) is 19.8. The van der Waals surface area contributed by atoms with E-state index in [1.807, 2.05) is 25.1 Å². The summed E-state index contributed by atoms with van der Waals surface area (Å²) in [6.45, 7) is 2.14. The Morgan fingerprint density at radius 2 is 1.80 bits per heavy atom. The van der Waals surface area contributed by atoms with Gasteiger partial charge in [0, 0.05) is 11.4 Å². The number of sulfonamides is 1. The Hall–Kier alpha value is -1.54. The Morgan fingerprint density at radius 3 is 2.40 bits per heavy atom. The highest BCUT2D eigenvalue weighted by Gasteiger charge is 2.16. The molecule has 0 bridgehead atoms. The van der Waals surface area contributed by atoms with Crippen LogP contribution in [0.3, 0.4) is 0 Å². The molecule has 0 aliphatic carbocycles. The standard InChI is InChI=1S/C17H19ClN2O3S2/c1-12(24-16-6-4-3-5-15(16)18)17(21)20-11-13-7-9-14(10-8-13)25(22,23)19-2/h3-10,12,19H,11H2,1-2H3,(H,20,21). The van der Waals surface area contributed by atoms with E-state index >= 15 is 0 Å². The van der Waals surface area contributed by atoms with E-state index in [0.717, 1.165) is 10.5 Å². The second-order valence-corrected chi connectivity index (χ2v) is 8.94. The van der Waals surface area contributed by atoms with Crippen LogP contribution in [0.5, 0.6) is 0 Å². The topological polar surface area (TPSA) is 75.3 Å². The lowest BCUT2D eigenvalue weighted by atomic mass is 10.2. The lowest BCUT2D eigenvalue weighted by Gasteiger charge is -2.13. The Balaban J connectivity index is 1.92. The minimum absolute atomic E-state index is 0.114. The van der Waals surface area contributed by atoms with Gasteiger partial charge in [-0.05, 0) is 43.8 Å². The maximum absolute atomic E-state index is 12.2. The molecule has 2 aromatic rings. The third kappa shape index (κ3) is 5.47. The van der Waals surface area contributed by atoms with Gasteiger partial charge in [-0.1, -0.05) is 35.9 Å². The number of rotatable bonds is 7. The van der Waals surface area contributed by atoms with Crippen molar-refractivity contribution in [3.05, 3.63) is 59.1 Å². The molecule has 0 radical (unpaired) electrons. The molecule has 1 unspecified atom stereocenters. The summed E-state index contributed by atoms with van der Waals surface area (Å²) in [6, 6.07) is 13.7. The Bertz CT molecular complexity index is 839. The second kappa shape index (κ2) is 8.71. The molecule has 0 saturated carbocycles.